The highest BCUT2D eigenvalue weighted by atomic mass is 32.1. The zero-order valence-corrected chi connectivity index (χ0v) is 13.6. The number of hydrogen-bond acceptors (Lipinski definition) is 4. The van der Waals surface area contributed by atoms with E-state index in [4.69, 9.17) is 0 Å². The summed E-state index contributed by atoms with van der Waals surface area (Å²) in [5, 5.41) is 4.81. The molecule has 2 heterocycles. The van der Waals surface area contributed by atoms with Crippen molar-refractivity contribution in [2.24, 2.45) is 0 Å². The summed E-state index contributed by atoms with van der Waals surface area (Å²) in [5.41, 5.74) is 4.07. The van der Waals surface area contributed by atoms with Crippen molar-refractivity contribution in [3.8, 4) is 0 Å². The summed E-state index contributed by atoms with van der Waals surface area (Å²) in [6.07, 6.45) is 0.780. The van der Waals surface area contributed by atoms with Gasteiger partial charge in [0.15, 0.2) is 0 Å². The molecule has 0 aliphatic rings. The van der Waals surface area contributed by atoms with Crippen LogP contribution >= 0.6 is 22.7 Å². The summed E-state index contributed by atoms with van der Waals surface area (Å²) in [6.45, 7) is 3.99. The number of thiophene rings is 1. The number of aromatic nitrogens is 1. The van der Waals surface area contributed by atoms with Crippen LogP contribution in [-0.2, 0) is 6.42 Å². The lowest BCUT2D eigenvalue weighted by atomic mass is 10.1. The van der Waals surface area contributed by atoms with E-state index in [1.807, 2.05) is 23.8 Å². The fourth-order valence-electron chi connectivity index (χ4n) is 2.14. The lowest BCUT2D eigenvalue weighted by Crippen LogP contribution is -1.98. The van der Waals surface area contributed by atoms with Crippen molar-refractivity contribution < 1.29 is 4.79 Å². The van der Waals surface area contributed by atoms with Gasteiger partial charge < -0.3 is 0 Å². The molecule has 0 saturated heterocycles. The van der Waals surface area contributed by atoms with Gasteiger partial charge in [-0.1, -0.05) is 29.8 Å². The molecule has 0 bridgehead atoms. The van der Waals surface area contributed by atoms with Crippen LogP contribution in [0.25, 0.3) is 0 Å². The normalized spacial score (nSPS) is 10.8. The van der Waals surface area contributed by atoms with E-state index in [9.17, 15) is 4.79 Å². The van der Waals surface area contributed by atoms with Gasteiger partial charge in [-0.05, 0) is 30.9 Å². The summed E-state index contributed by atoms with van der Waals surface area (Å²) in [4.78, 5) is 17.7. The second kappa shape index (κ2) is 5.92. The molecule has 106 valence electrons. The molecule has 3 rings (SSSR count). The first-order valence-electron chi connectivity index (χ1n) is 6.72. The number of ketones is 1. The Morgan fingerprint density at radius 2 is 1.90 bits per heavy atom. The van der Waals surface area contributed by atoms with Crippen LogP contribution in [0.15, 0.2) is 41.1 Å². The molecule has 0 amide bonds. The van der Waals surface area contributed by atoms with E-state index in [1.165, 1.54) is 22.5 Å². The molecule has 0 aliphatic carbocycles. The highest BCUT2D eigenvalue weighted by Gasteiger charge is 2.17. The Balaban J connectivity index is 1.84. The molecule has 0 spiro atoms. The molecule has 0 atom stereocenters. The van der Waals surface area contributed by atoms with Crippen LogP contribution in [-0.4, -0.2) is 10.8 Å². The topological polar surface area (TPSA) is 30.0 Å². The lowest BCUT2D eigenvalue weighted by Gasteiger charge is -1.98. The largest absolute Gasteiger partial charge is 0.288 e. The number of rotatable bonds is 4. The maximum atomic E-state index is 12.4. The minimum Gasteiger partial charge on any atom is -0.288 e. The molecule has 0 saturated carbocycles. The Morgan fingerprint density at radius 3 is 2.57 bits per heavy atom. The smallest absolute Gasteiger partial charge is 0.205 e. The van der Waals surface area contributed by atoms with Gasteiger partial charge in [-0.2, -0.15) is 11.3 Å². The minimum atomic E-state index is 0.0846. The molecule has 0 aliphatic heterocycles. The molecule has 0 unspecified atom stereocenters. The van der Waals surface area contributed by atoms with Gasteiger partial charge in [0.05, 0.1) is 15.6 Å². The Morgan fingerprint density at radius 1 is 1.14 bits per heavy atom. The van der Waals surface area contributed by atoms with E-state index in [0.29, 0.717) is 0 Å². The summed E-state index contributed by atoms with van der Waals surface area (Å²) in [6, 6.07) is 10.3. The molecular formula is C17H15NOS2. The Hall–Kier alpha value is -1.78. The zero-order valence-electron chi connectivity index (χ0n) is 11.9. The molecule has 2 aromatic heterocycles. The maximum Gasteiger partial charge on any atom is 0.205 e. The third-order valence-electron chi connectivity index (χ3n) is 3.31. The number of hydrogen-bond donors (Lipinski definition) is 0. The predicted octanol–water partition coefficient (Wildman–Crippen LogP) is 4.64. The molecule has 0 fully saturated rings. The van der Waals surface area contributed by atoms with Gasteiger partial charge in [0.2, 0.25) is 5.78 Å². The van der Waals surface area contributed by atoms with Gasteiger partial charge in [-0.25, -0.2) is 4.98 Å². The monoisotopic (exact) mass is 313 g/mol. The van der Waals surface area contributed by atoms with Gasteiger partial charge in [0, 0.05) is 17.4 Å². The Bertz CT molecular complexity index is 755. The molecule has 0 N–H and O–H groups in total. The molecular weight excluding hydrogens is 298 g/mol. The number of nitrogens with zero attached hydrogens (tertiary/aromatic N) is 1. The van der Waals surface area contributed by atoms with E-state index in [0.717, 1.165) is 27.6 Å². The highest BCUT2D eigenvalue weighted by molar-refractivity contribution is 7.14. The predicted molar refractivity (Wildman–Crippen MR) is 88.6 cm³/mol. The molecule has 3 aromatic rings. The van der Waals surface area contributed by atoms with E-state index in [1.54, 1.807) is 11.3 Å². The van der Waals surface area contributed by atoms with Gasteiger partial charge in [0.1, 0.15) is 0 Å². The number of aryl methyl sites for hydroxylation is 2. The van der Waals surface area contributed by atoms with Crippen LogP contribution in [0.4, 0.5) is 0 Å². The van der Waals surface area contributed by atoms with Gasteiger partial charge in [-0.3, -0.25) is 4.79 Å². The van der Waals surface area contributed by atoms with E-state index >= 15 is 0 Å². The second-order valence-electron chi connectivity index (χ2n) is 5.03. The van der Waals surface area contributed by atoms with Crippen LogP contribution in [0.2, 0.25) is 0 Å². The van der Waals surface area contributed by atoms with Crippen molar-refractivity contribution in [3.63, 3.8) is 0 Å². The zero-order chi connectivity index (χ0) is 14.8. The van der Waals surface area contributed by atoms with Crippen molar-refractivity contribution in [2.45, 2.75) is 20.3 Å². The van der Waals surface area contributed by atoms with Crippen molar-refractivity contribution in [2.75, 3.05) is 0 Å². The van der Waals surface area contributed by atoms with E-state index in [2.05, 4.69) is 36.2 Å². The minimum absolute atomic E-state index is 0.0846. The Kier molecular flexibility index (Phi) is 3.99. The Labute approximate surface area is 132 Å². The molecule has 2 nitrogen and oxygen atoms in total. The number of benzene rings is 1. The first kappa shape index (κ1) is 14.2. The summed E-state index contributed by atoms with van der Waals surface area (Å²) in [5.74, 6) is 0.0846. The standard InChI is InChI=1S/C17H15NOS2/c1-11-3-5-13(6-4-11)9-15-18-12(2)17(21-15)16(19)14-7-8-20-10-14/h3-8,10H,9H2,1-2H3. The van der Waals surface area contributed by atoms with Gasteiger partial charge >= 0.3 is 0 Å². The average molecular weight is 313 g/mol. The fraction of sp³-hybridized carbons (Fsp3) is 0.176. The van der Waals surface area contributed by atoms with E-state index < -0.39 is 0 Å². The van der Waals surface area contributed by atoms with Crippen molar-refractivity contribution in [1.29, 1.82) is 0 Å². The summed E-state index contributed by atoms with van der Waals surface area (Å²) in [7, 11) is 0. The number of carbonyl (C=O) groups excluding carboxylic acids is 1. The molecule has 21 heavy (non-hydrogen) atoms. The second-order valence-corrected chi connectivity index (χ2v) is 6.89. The van der Waals surface area contributed by atoms with E-state index in [-0.39, 0.29) is 5.78 Å². The van der Waals surface area contributed by atoms with Crippen LogP contribution in [0.3, 0.4) is 0 Å². The van der Waals surface area contributed by atoms with Crippen LogP contribution < -0.4 is 0 Å². The first-order chi connectivity index (χ1) is 10.1. The SMILES string of the molecule is Cc1ccc(Cc2nc(C)c(C(=O)c3ccsc3)s2)cc1. The maximum absolute atomic E-state index is 12.4. The number of thiazole rings is 1. The third kappa shape index (κ3) is 3.12. The molecule has 0 radical (unpaired) electrons. The fourth-order valence-corrected chi connectivity index (χ4v) is 3.84. The summed E-state index contributed by atoms with van der Waals surface area (Å²) >= 11 is 3.05. The third-order valence-corrected chi connectivity index (χ3v) is 5.15. The lowest BCUT2D eigenvalue weighted by molar-refractivity contribution is 0.104. The number of carbonyl (C=O) groups is 1. The van der Waals surface area contributed by atoms with Crippen LogP contribution in [0, 0.1) is 13.8 Å². The van der Waals surface area contributed by atoms with Gasteiger partial charge in [-0.15, -0.1) is 11.3 Å². The van der Waals surface area contributed by atoms with Crippen molar-refractivity contribution in [1.82, 2.24) is 4.98 Å². The van der Waals surface area contributed by atoms with Crippen molar-refractivity contribution in [3.05, 3.63) is 73.4 Å². The van der Waals surface area contributed by atoms with Crippen molar-refractivity contribution >= 4 is 28.5 Å². The summed E-state index contributed by atoms with van der Waals surface area (Å²) < 4.78 is 0. The van der Waals surface area contributed by atoms with Crippen LogP contribution in [0.5, 0.6) is 0 Å². The van der Waals surface area contributed by atoms with Crippen LogP contribution in [0.1, 0.15) is 37.1 Å². The van der Waals surface area contributed by atoms with Gasteiger partial charge in [0.25, 0.3) is 0 Å². The highest BCUT2D eigenvalue weighted by Crippen LogP contribution is 2.24. The average Bonchev–Trinajstić information content (AvgIpc) is 3.10. The first-order valence-corrected chi connectivity index (χ1v) is 8.48. The molecule has 1 aromatic carbocycles. The quantitative estimate of drug-likeness (QED) is 0.657. The molecule has 4 heteroatoms.